The van der Waals surface area contributed by atoms with E-state index in [1.165, 1.54) is 12.0 Å². The standard InChI is InChI=1S/C26H34N2O2/c1-3-25(29)28(19-22-16-14-20(2)15-17-22)24(18-21-10-6-4-7-11-21)26(30)27-23-12-8-5-9-13-23/h4,6-7,10-11,14-17,23-24H,3,5,8-9,12-13,18-19H2,1-2H3,(H,27,30)/t24-/m0/s1. The van der Waals surface area contributed by atoms with E-state index in [4.69, 9.17) is 0 Å². The van der Waals surface area contributed by atoms with E-state index in [0.717, 1.165) is 36.8 Å². The normalized spacial score (nSPS) is 15.4. The molecule has 1 aliphatic carbocycles. The average Bonchev–Trinajstić information content (AvgIpc) is 2.78. The van der Waals surface area contributed by atoms with Gasteiger partial charge in [-0.05, 0) is 30.9 Å². The topological polar surface area (TPSA) is 49.4 Å². The summed E-state index contributed by atoms with van der Waals surface area (Å²) in [5, 5.41) is 3.26. The molecule has 30 heavy (non-hydrogen) atoms. The molecule has 2 aromatic carbocycles. The molecule has 4 nitrogen and oxygen atoms in total. The van der Waals surface area contributed by atoms with Gasteiger partial charge >= 0.3 is 0 Å². The molecular weight excluding hydrogens is 372 g/mol. The summed E-state index contributed by atoms with van der Waals surface area (Å²) in [6.45, 7) is 4.36. The molecular formula is C26H34N2O2. The molecule has 0 unspecified atom stereocenters. The number of carbonyl (C=O) groups is 2. The van der Waals surface area contributed by atoms with Crippen molar-refractivity contribution in [1.82, 2.24) is 10.2 Å². The zero-order chi connectivity index (χ0) is 21.3. The van der Waals surface area contributed by atoms with Crippen molar-refractivity contribution in [3.63, 3.8) is 0 Å². The molecule has 3 rings (SSSR count). The van der Waals surface area contributed by atoms with Crippen molar-refractivity contribution < 1.29 is 9.59 Å². The van der Waals surface area contributed by atoms with Gasteiger partial charge in [-0.1, -0.05) is 86.3 Å². The number of aryl methyl sites for hydroxylation is 1. The molecule has 0 radical (unpaired) electrons. The smallest absolute Gasteiger partial charge is 0.243 e. The first-order chi connectivity index (χ1) is 14.6. The van der Waals surface area contributed by atoms with Gasteiger partial charge in [-0.25, -0.2) is 0 Å². The van der Waals surface area contributed by atoms with Crippen LogP contribution < -0.4 is 5.32 Å². The predicted octanol–water partition coefficient (Wildman–Crippen LogP) is 4.79. The third-order valence-corrected chi connectivity index (χ3v) is 6.00. The van der Waals surface area contributed by atoms with E-state index in [-0.39, 0.29) is 17.9 Å². The SMILES string of the molecule is CCC(=O)N(Cc1ccc(C)cc1)[C@@H](Cc1ccccc1)C(=O)NC1CCCCC1. The Labute approximate surface area is 180 Å². The lowest BCUT2D eigenvalue weighted by atomic mass is 9.94. The highest BCUT2D eigenvalue weighted by Crippen LogP contribution is 2.20. The number of hydrogen-bond donors (Lipinski definition) is 1. The minimum Gasteiger partial charge on any atom is -0.352 e. The van der Waals surface area contributed by atoms with E-state index in [1.54, 1.807) is 4.90 Å². The predicted molar refractivity (Wildman–Crippen MR) is 121 cm³/mol. The van der Waals surface area contributed by atoms with Gasteiger partial charge in [-0.2, -0.15) is 0 Å². The van der Waals surface area contributed by atoms with Crippen LogP contribution in [0.1, 0.15) is 62.1 Å². The maximum absolute atomic E-state index is 13.4. The summed E-state index contributed by atoms with van der Waals surface area (Å²) in [4.78, 5) is 28.1. The second-order valence-corrected chi connectivity index (χ2v) is 8.41. The van der Waals surface area contributed by atoms with Gasteiger partial charge in [-0.3, -0.25) is 9.59 Å². The number of rotatable bonds is 8. The van der Waals surface area contributed by atoms with Crippen LogP contribution in [-0.4, -0.2) is 28.8 Å². The molecule has 1 saturated carbocycles. The lowest BCUT2D eigenvalue weighted by Gasteiger charge is -2.33. The number of benzene rings is 2. The van der Waals surface area contributed by atoms with Gasteiger partial charge in [0.1, 0.15) is 6.04 Å². The van der Waals surface area contributed by atoms with Crippen LogP contribution in [0.3, 0.4) is 0 Å². The molecule has 0 heterocycles. The highest BCUT2D eigenvalue weighted by atomic mass is 16.2. The molecule has 1 fully saturated rings. The molecule has 0 spiro atoms. The summed E-state index contributed by atoms with van der Waals surface area (Å²) in [6.07, 6.45) is 6.54. The van der Waals surface area contributed by atoms with Crippen molar-refractivity contribution in [1.29, 1.82) is 0 Å². The summed E-state index contributed by atoms with van der Waals surface area (Å²) >= 11 is 0. The minimum atomic E-state index is -0.511. The monoisotopic (exact) mass is 406 g/mol. The molecule has 1 N–H and O–H groups in total. The van der Waals surface area contributed by atoms with Crippen molar-refractivity contribution in [2.45, 2.75) is 77.4 Å². The molecule has 160 valence electrons. The largest absolute Gasteiger partial charge is 0.352 e. The maximum Gasteiger partial charge on any atom is 0.243 e. The fourth-order valence-corrected chi connectivity index (χ4v) is 4.19. The second kappa shape index (κ2) is 11.0. The lowest BCUT2D eigenvalue weighted by molar-refractivity contribution is -0.141. The van der Waals surface area contributed by atoms with Crippen LogP contribution in [0.25, 0.3) is 0 Å². The van der Waals surface area contributed by atoms with E-state index < -0.39 is 6.04 Å². The Kier molecular flexibility index (Phi) is 8.06. The molecule has 0 aliphatic heterocycles. The second-order valence-electron chi connectivity index (χ2n) is 8.41. The maximum atomic E-state index is 13.4. The van der Waals surface area contributed by atoms with E-state index >= 15 is 0 Å². The van der Waals surface area contributed by atoms with Crippen molar-refractivity contribution >= 4 is 11.8 Å². The first kappa shape index (κ1) is 22.1. The first-order valence-electron chi connectivity index (χ1n) is 11.3. The van der Waals surface area contributed by atoms with Gasteiger partial charge in [0, 0.05) is 25.4 Å². The van der Waals surface area contributed by atoms with Gasteiger partial charge in [0.25, 0.3) is 0 Å². The van der Waals surface area contributed by atoms with Gasteiger partial charge < -0.3 is 10.2 Å². The van der Waals surface area contributed by atoms with Gasteiger partial charge in [0.05, 0.1) is 0 Å². The molecule has 4 heteroatoms. The Morgan fingerprint density at radius 1 is 0.967 bits per heavy atom. The number of carbonyl (C=O) groups excluding carboxylic acids is 2. The number of nitrogens with one attached hydrogen (secondary N) is 1. The zero-order valence-electron chi connectivity index (χ0n) is 18.3. The van der Waals surface area contributed by atoms with Crippen LogP contribution in [0.2, 0.25) is 0 Å². The summed E-state index contributed by atoms with van der Waals surface area (Å²) in [5.41, 5.74) is 3.30. The fraction of sp³-hybridized carbons (Fsp3) is 0.462. The molecule has 0 aromatic heterocycles. The molecule has 0 saturated heterocycles. The molecule has 2 amide bonds. The molecule has 1 atom stereocenters. The van der Waals surface area contributed by atoms with Crippen LogP contribution in [-0.2, 0) is 22.6 Å². The lowest BCUT2D eigenvalue weighted by Crippen LogP contribution is -2.52. The number of hydrogen-bond acceptors (Lipinski definition) is 2. The summed E-state index contributed by atoms with van der Waals surface area (Å²) < 4.78 is 0. The first-order valence-corrected chi connectivity index (χ1v) is 11.3. The minimum absolute atomic E-state index is 0.00954. The van der Waals surface area contributed by atoms with Crippen molar-refractivity contribution in [3.8, 4) is 0 Å². The Bertz CT molecular complexity index is 811. The van der Waals surface area contributed by atoms with Gasteiger partial charge in [0.2, 0.25) is 11.8 Å². The van der Waals surface area contributed by atoms with Crippen molar-refractivity contribution in [2.75, 3.05) is 0 Å². The fourth-order valence-electron chi connectivity index (χ4n) is 4.19. The van der Waals surface area contributed by atoms with E-state index in [0.29, 0.717) is 19.4 Å². The third-order valence-electron chi connectivity index (χ3n) is 6.00. The van der Waals surface area contributed by atoms with E-state index in [1.807, 2.05) is 49.4 Å². The van der Waals surface area contributed by atoms with Crippen LogP contribution in [0.15, 0.2) is 54.6 Å². The van der Waals surface area contributed by atoms with Crippen LogP contribution >= 0.6 is 0 Å². The summed E-state index contributed by atoms with van der Waals surface area (Å²) in [5.74, 6) is -0.0186. The van der Waals surface area contributed by atoms with Crippen molar-refractivity contribution in [3.05, 3.63) is 71.3 Å². The van der Waals surface area contributed by atoms with Crippen LogP contribution in [0.5, 0.6) is 0 Å². The molecule has 1 aliphatic rings. The summed E-state index contributed by atoms with van der Waals surface area (Å²) in [7, 11) is 0. The third kappa shape index (κ3) is 6.19. The summed E-state index contributed by atoms with van der Waals surface area (Å²) in [6, 6.07) is 17.9. The Morgan fingerprint density at radius 2 is 1.63 bits per heavy atom. The Balaban J connectivity index is 1.85. The molecule has 0 bridgehead atoms. The van der Waals surface area contributed by atoms with Crippen LogP contribution in [0, 0.1) is 6.92 Å². The van der Waals surface area contributed by atoms with E-state index in [9.17, 15) is 9.59 Å². The number of amides is 2. The number of nitrogens with zero attached hydrogens (tertiary/aromatic N) is 1. The van der Waals surface area contributed by atoms with Crippen LogP contribution in [0.4, 0.5) is 0 Å². The van der Waals surface area contributed by atoms with Gasteiger partial charge in [0.15, 0.2) is 0 Å². The van der Waals surface area contributed by atoms with Gasteiger partial charge in [-0.15, -0.1) is 0 Å². The quantitative estimate of drug-likeness (QED) is 0.685. The zero-order valence-corrected chi connectivity index (χ0v) is 18.3. The Morgan fingerprint density at radius 3 is 2.27 bits per heavy atom. The highest BCUT2D eigenvalue weighted by Gasteiger charge is 2.31. The average molecular weight is 407 g/mol. The highest BCUT2D eigenvalue weighted by molar-refractivity contribution is 5.88. The van der Waals surface area contributed by atoms with Crippen molar-refractivity contribution in [2.24, 2.45) is 0 Å². The van der Waals surface area contributed by atoms with E-state index in [2.05, 4.69) is 24.4 Å². The molecule has 2 aromatic rings. The Hall–Kier alpha value is -2.62.